The highest BCUT2D eigenvalue weighted by molar-refractivity contribution is 6.31. The Labute approximate surface area is 479 Å². The Balaban J connectivity index is 1.02. The normalized spacial score (nSPS) is 18.1. The third-order valence-corrected chi connectivity index (χ3v) is 20.1. The number of rotatable bonds is 7. The van der Waals surface area contributed by atoms with Gasteiger partial charge in [0, 0.05) is 49.2 Å². The van der Waals surface area contributed by atoms with E-state index in [4.69, 9.17) is 9.15 Å². The van der Waals surface area contributed by atoms with Gasteiger partial charge >= 0.3 is 0 Å². The van der Waals surface area contributed by atoms with Gasteiger partial charge in [0.15, 0.2) is 5.58 Å². The topological polar surface area (TPSA) is 28.9 Å². The number of ether oxygens (including phenoxy) is 1. The highest BCUT2D eigenvalue weighted by atomic mass is 16.5. The van der Waals surface area contributed by atoms with Gasteiger partial charge in [0.05, 0.1) is 34.1 Å². The van der Waals surface area contributed by atoms with Gasteiger partial charge in [-0.15, -0.1) is 0 Å². The fourth-order valence-electron chi connectivity index (χ4n) is 16.3. The Kier molecular flexibility index (Phi) is 9.72. The number of nitrogens with zero attached hydrogens (tertiary/aromatic N) is 2. The number of aryl methyl sites for hydroxylation is 1. The smallest absolute Gasteiger partial charge is 0.159 e. The molecule has 2 atom stereocenters. The Hall–Kier alpha value is -8.86. The molecule has 17 rings (SSSR count). The fourth-order valence-corrected chi connectivity index (χ4v) is 16.3. The number of anilines is 6. The van der Waals surface area contributed by atoms with Gasteiger partial charge in [-0.3, -0.25) is 0 Å². The maximum absolute atomic E-state index is 7.25. The van der Waals surface area contributed by atoms with Crippen molar-refractivity contribution in [3.05, 3.63) is 245 Å². The summed E-state index contributed by atoms with van der Waals surface area (Å²) in [4.78, 5) is 5.25. The molecule has 12 aromatic rings. The number of hydrogen-bond acceptors (Lipinski definition) is 4. The average molecular weight is 1060 g/mol. The molecule has 0 N–H and O–H groups in total. The Morgan fingerprint density at radius 3 is 1.78 bits per heavy atom. The SMILES string of the molecule is CC(C)c1cc(N(c2cccc3c2OC2C=CC=CC32)c2cccc3c2C(C)(C)c2ccccc2-3)c2cc3c4c(cc(N(c5cccc6c5C(C)(C)c5ccccc5-6)c5cccc6c5oc5ccccc56)c5ccc1c2c54)CCC3(C)C. The molecule has 0 fully saturated rings. The van der Waals surface area contributed by atoms with Crippen molar-refractivity contribution in [1.29, 1.82) is 0 Å². The summed E-state index contributed by atoms with van der Waals surface area (Å²) in [6.45, 7) is 19.4. The van der Waals surface area contributed by atoms with Gasteiger partial charge in [-0.2, -0.15) is 0 Å². The first-order valence-corrected chi connectivity index (χ1v) is 29.7. The molecule has 398 valence electrons. The minimum Gasteiger partial charge on any atom is -0.483 e. The van der Waals surface area contributed by atoms with E-state index in [9.17, 15) is 0 Å². The van der Waals surface area contributed by atoms with Crippen molar-refractivity contribution in [1.82, 2.24) is 0 Å². The van der Waals surface area contributed by atoms with Crippen LogP contribution in [0.5, 0.6) is 5.75 Å². The zero-order chi connectivity index (χ0) is 55.3. The lowest BCUT2D eigenvalue weighted by atomic mass is 9.70. The van der Waals surface area contributed by atoms with Crippen LogP contribution in [-0.2, 0) is 22.7 Å². The Morgan fingerprint density at radius 2 is 1.05 bits per heavy atom. The predicted octanol–water partition coefficient (Wildman–Crippen LogP) is 21.4. The van der Waals surface area contributed by atoms with Crippen LogP contribution < -0.4 is 14.5 Å². The zero-order valence-corrected chi connectivity index (χ0v) is 47.9. The molecule has 0 saturated heterocycles. The molecule has 4 heteroatoms. The first kappa shape index (κ1) is 47.9. The highest BCUT2D eigenvalue weighted by Crippen LogP contribution is 2.62. The summed E-state index contributed by atoms with van der Waals surface area (Å²) in [7, 11) is 0. The lowest BCUT2D eigenvalue weighted by molar-refractivity contribution is 0.269. The van der Waals surface area contributed by atoms with E-state index in [2.05, 4.69) is 265 Å². The maximum atomic E-state index is 7.25. The summed E-state index contributed by atoms with van der Waals surface area (Å²) < 4.78 is 14.4. The third-order valence-electron chi connectivity index (χ3n) is 20.1. The third kappa shape index (κ3) is 6.28. The molecule has 2 heterocycles. The summed E-state index contributed by atoms with van der Waals surface area (Å²) in [6, 6.07) is 67.0. The lowest BCUT2D eigenvalue weighted by Gasteiger charge is -2.38. The molecule has 4 aliphatic carbocycles. The molecule has 1 aromatic heterocycles. The minimum absolute atomic E-state index is 0.0705. The van der Waals surface area contributed by atoms with Crippen LogP contribution in [0.3, 0.4) is 0 Å². The summed E-state index contributed by atoms with van der Waals surface area (Å²) in [5, 5.41) is 10.1. The van der Waals surface area contributed by atoms with Gasteiger partial charge in [-0.05, 0) is 156 Å². The Morgan fingerprint density at radius 1 is 0.463 bits per heavy atom. The molecular weight excluding hydrogens is 997 g/mol. The van der Waals surface area contributed by atoms with E-state index < -0.39 is 0 Å². The van der Waals surface area contributed by atoms with E-state index in [1.54, 1.807) is 0 Å². The van der Waals surface area contributed by atoms with Gasteiger partial charge in [-0.25, -0.2) is 0 Å². The van der Waals surface area contributed by atoms with Crippen LogP contribution in [0.4, 0.5) is 34.1 Å². The van der Waals surface area contributed by atoms with Crippen LogP contribution in [0.2, 0.25) is 0 Å². The molecule has 0 bridgehead atoms. The molecule has 5 aliphatic rings. The largest absolute Gasteiger partial charge is 0.483 e. The molecule has 0 radical (unpaired) electrons. The number of para-hydroxylation sites is 3. The number of benzene rings is 11. The van der Waals surface area contributed by atoms with E-state index >= 15 is 0 Å². The monoisotopic (exact) mass is 1060 g/mol. The second-order valence-corrected chi connectivity index (χ2v) is 26.1. The van der Waals surface area contributed by atoms with E-state index in [1.807, 2.05) is 0 Å². The van der Waals surface area contributed by atoms with E-state index in [0.717, 1.165) is 51.9 Å². The van der Waals surface area contributed by atoms with Crippen LogP contribution in [0.15, 0.2) is 205 Å². The molecule has 0 amide bonds. The summed E-state index contributed by atoms with van der Waals surface area (Å²) in [6.07, 6.45) is 10.8. The van der Waals surface area contributed by atoms with Crippen molar-refractivity contribution >= 4 is 88.4 Å². The van der Waals surface area contributed by atoms with Gasteiger partial charge in [-0.1, -0.05) is 201 Å². The molecule has 1 aliphatic heterocycles. The van der Waals surface area contributed by atoms with Gasteiger partial charge in [0.25, 0.3) is 0 Å². The quantitative estimate of drug-likeness (QED) is 0.149. The van der Waals surface area contributed by atoms with Crippen LogP contribution in [0.1, 0.15) is 118 Å². The number of furan rings is 1. The van der Waals surface area contributed by atoms with Crippen LogP contribution >= 0.6 is 0 Å². The standard InChI is InChI=1S/C78H64N2O2/c1-44(2)56-43-66(80(64-34-20-28-54-49-24-12-16-36-68(49)82-75(54)64)62-32-18-26-52-47-22-10-14-30-59(47)78(7,8)73(52)62)57-42-60-69-45(39-40-76(60,3)4)41-65(55-38-37-50(56)70(57)71(55)69)79(63-33-19-27-53-48-23-11-15-35-67(48)81-74(53)63)61-31-17-25-51-46-21-9-13-29-58(46)77(5,6)72(51)61/h9-38,41-44,49,68H,39-40H2,1-8H3. The number of fused-ring (bicyclic) bond motifs is 12. The van der Waals surface area contributed by atoms with Crippen LogP contribution in [-0.4, -0.2) is 6.10 Å². The summed E-state index contributed by atoms with van der Waals surface area (Å²) in [5.41, 5.74) is 23.8. The van der Waals surface area contributed by atoms with Gasteiger partial charge in [0.2, 0.25) is 0 Å². The fraction of sp³-hybridized carbons (Fsp3) is 0.205. The molecular formula is C78H64N2O2. The minimum atomic E-state index is -0.290. The second kappa shape index (κ2) is 16.6. The maximum Gasteiger partial charge on any atom is 0.159 e. The van der Waals surface area contributed by atoms with Crippen molar-refractivity contribution in [3.63, 3.8) is 0 Å². The molecule has 0 saturated carbocycles. The van der Waals surface area contributed by atoms with E-state index in [0.29, 0.717) is 0 Å². The first-order chi connectivity index (χ1) is 39.8. The molecule has 4 nitrogen and oxygen atoms in total. The zero-order valence-electron chi connectivity index (χ0n) is 47.9. The van der Waals surface area contributed by atoms with Crippen molar-refractivity contribution in [2.24, 2.45) is 0 Å². The van der Waals surface area contributed by atoms with Crippen molar-refractivity contribution < 1.29 is 9.15 Å². The summed E-state index contributed by atoms with van der Waals surface area (Å²) in [5.74, 6) is 1.31. The lowest BCUT2D eigenvalue weighted by Crippen LogP contribution is -2.25. The molecule has 11 aromatic carbocycles. The molecule has 82 heavy (non-hydrogen) atoms. The van der Waals surface area contributed by atoms with Crippen LogP contribution in [0.25, 0.3) is 76.5 Å². The van der Waals surface area contributed by atoms with Gasteiger partial charge in [0.1, 0.15) is 17.4 Å². The molecule has 0 spiro atoms. The second-order valence-electron chi connectivity index (χ2n) is 26.1. The first-order valence-electron chi connectivity index (χ1n) is 29.7. The molecule has 2 unspecified atom stereocenters. The van der Waals surface area contributed by atoms with Crippen molar-refractivity contribution in [3.8, 4) is 28.0 Å². The van der Waals surface area contributed by atoms with Crippen molar-refractivity contribution in [2.45, 2.75) is 102 Å². The van der Waals surface area contributed by atoms with E-state index in [-0.39, 0.29) is 34.2 Å². The van der Waals surface area contributed by atoms with Crippen molar-refractivity contribution in [2.75, 3.05) is 9.80 Å². The van der Waals surface area contributed by atoms with Crippen LogP contribution in [0, 0.1) is 0 Å². The number of allylic oxidation sites excluding steroid dienone is 2. The summed E-state index contributed by atoms with van der Waals surface area (Å²) >= 11 is 0. The Bertz CT molecular complexity index is 4830. The highest BCUT2D eigenvalue weighted by Gasteiger charge is 2.44. The predicted molar refractivity (Wildman–Crippen MR) is 343 cm³/mol. The average Bonchev–Trinajstić information content (AvgIpc) is 1.35. The van der Waals surface area contributed by atoms with E-state index in [1.165, 1.54) is 122 Å². The number of hydrogen-bond donors (Lipinski definition) is 0. The van der Waals surface area contributed by atoms with Gasteiger partial charge < -0.3 is 19.0 Å².